The molecule has 0 aliphatic carbocycles. The van der Waals surface area contributed by atoms with Gasteiger partial charge in [-0.25, -0.2) is 9.97 Å². The van der Waals surface area contributed by atoms with Crippen LogP contribution in [0.5, 0.6) is 0 Å². The molecule has 6 heteroatoms. The van der Waals surface area contributed by atoms with Crippen molar-refractivity contribution in [1.29, 1.82) is 0 Å². The van der Waals surface area contributed by atoms with Gasteiger partial charge in [-0.15, -0.1) is 0 Å². The van der Waals surface area contributed by atoms with E-state index in [1.54, 1.807) is 12.4 Å². The van der Waals surface area contributed by atoms with E-state index in [0.717, 1.165) is 30.5 Å². The van der Waals surface area contributed by atoms with Gasteiger partial charge in [0.15, 0.2) is 5.16 Å². The van der Waals surface area contributed by atoms with Gasteiger partial charge in [-0.1, -0.05) is 36.0 Å². The molecule has 2 aromatic heterocycles. The monoisotopic (exact) mass is 364 g/mol. The third kappa shape index (κ3) is 3.42. The highest BCUT2D eigenvalue weighted by Gasteiger charge is 2.26. The highest BCUT2D eigenvalue weighted by Crippen LogP contribution is 2.28. The molecule has 5 nitrogen and oxygen atoms in total. The minimum atomic E-state index is 0.00291. The van der Waals surface area contributed by atoms with E-state index in [1.807, 2.05) is 29.5 Å². The minimum absolute atomic E-state index is 0.00291. The predicted molar refractivity (Wildman–Crippen MR) is 103 cm³/mol. The molecule has 3 aromatic rings. The van der Waals surface area contributed by atoms with Gasteiger partial charge in [0, 0.05) is 48.7 Å². The fraction of sp³-hybridized carbons (Fsp3) is 0.300. The third-order valence-electron chi connectivity index (χ3n) is 4.84. The first kappa shape index (κ1) is 17.0. The molecule has 1 fully saturated rings. The lowest BCUT2D eigenvalue weighted by molar-refractivity contribution is 0.0705. The van der Waals surface area contributed by atoms with Crippen LogP contribution in [0.1, 0.15) is 34.8 Å². The summed E-state index contributed by atoms with van der Waals surface area (Å²) in [4.78, 5) is 27.8. The number of nitrogens with zero attached hydrogens (tertiary/aromatic N) is 4. The Hall–Kier alpha value is -2.47. The second-order valence-electron chi connectivity index (χ2n) is 6.51. The van der Waals surface area contributed by atoms with Gasteiger partial charge in [0.1, 0.15) is 0 Å². The quantitative estimate of drug-likeness (QED) is 0.523. The summed E-state index contributed by atoms with van der Waals surface area (Å²) in [5, 5.41) is 3.02. The van der Waals surface area contributed by atoms with E-state index in [1.165, 1.54) is 17.1 Å². The number of amides is 1. The Morgan fingerprint density at radius 3 is 2.65 bits per heavy atom. The smallest absolute Gasteiger partial charge is 0.257 e. The molecule has 1 atom stereocenters. The fourth-order valence-corrected chi connectivity index (χ4v) is 3.76. The summed E-state index contributed by atoms with van der Waals surface area (Å²) in [5.41, 5.74) is 1.62. The van der Waals surface area contributed by atoms with Gasteiger partial charge in [0.05, 0.1) is 5.56 Å². The Balaban J connectivity index is 1.53. The van der Waals surface area contributed by atoms with E-state index in [4.69, 9.17) is 0 Å². The summed E-state index contributed by atoms with van der Waals surface area (Å²) >= 11 is 1.47. The number of hydrogen-bond donors (Lipinski definition) is 0. The topological polar surface area (TPSA) is 59.0 Å². The SMILES string of the molecule is CSc1ncc(C(=O)N2CCC[C@@H](c3cc4ccccc4cn3)C2)cn1. The van der Waals surface area contributed by atoms with E-state index >= 15 is 0 Å². The lowest BCUT2D eigenvalue weighted by atomic mass is 9.93. The van der Waals surface area contributed by atoms with Gasteiger partial charge in [-0.2, -0.15) is 0 Å². The molecule has 1 saturated heterocycles. The average Bonchev–Trinajstić information content (AvgIpc) is 2.73. The summed E-state index contributed by atoms with van der Waals surface area (Å²) < 4.78 is 0. The number of piperidine rings is 1. The van der Waals surface area contributed by atoms with Crippen molar-refractivity contribution in [2.75, 3.05) is 19.3 Å². The number of carbonyl (C=O) groups excluding carboxylic acids is 1. The Bertz CT molecular complexity index is 929. The molecule has 0 radical (unpaired) electrons. The number of rotatable bonds is 3. The third-order valence-corrected chi connectivity index (χ3v) is 5.41. The van der Waals surface area contributed by atoms with Crippen LogP contribution in [0.2, 0.25) is 0 Å². The van der Waals surface area contributed by atoms with Crippen molar-refractivity contribution in [2.45, 2.75) is 23.9 Å². The molecule has 0 bridgehead atoms. The predicted octanol–water partition coefficient (Wildman–Crippen LogP) is 3.77. The summed E-state index contributed by atoms with van der Waals surface area (Å²) in [6.07, 6.45) is 9.13. The maximum atomic E-state index is 12.8. The first-order chi connectivity index (χ1) is 12.7. The number of fused-ring (bicyclic) bond motifs is 1. The van der Waals surface area contributed by atoms with Crippen molar-refractivity contribution in [3.05, 3.63) is 60.2 Å². The Morgan fingerprint density at radius 1 is 1.12 bits per heavy atom. The molecule has 1 aromatic carbocycles. The maximum Gasteiger partial charge on any atom is 0.257 e. The van der Waals surface area contributed by atoms with Crippen LogP contribution in [0.15, 0.2) is 54.1 Å². The van der Waals surface area contributed by atoms with E-state index in [2.05, 4.69) is 33.2 Å². The first-order valence-electron chi connectivity index (χ1n) is 8.74. The Kier molecular flexibility index (Phi) is 4.84. The molecule has 3 heterocycles. The number of carbonyl (C=O) groups is 1. The number of aromatic nitrogens is 3. The largest absolute Gasteiger partial charge is 0.338 e. The molecule has 0 N–H and O–H groups in total. The van der Waals surface area contributed by atoms with Crippen molar-refractivity contribution >= 4 is 28.4 Å². The lowest BCUT2D eigenvalue weighted by Crippen LogP contribution is -2.39. The molecule has 0 saturated carbocycles. The van der Waals surface area contributed by atoms with Gasteiger partial charge in [0.2, 0.25) is 0 Å². The van der Waals surface area contributed by atoms with E-state index < -0.39 is 0 Å². The molecule has 1 aliphatic rings. The summed E-state index contributed by atoms with van der Waals surface area (Å²) in [6.45, 7) is 1.46. The highest BCUT2D eigenvalue weighted by molar-refractivity contribution is 7.98. The van der Waals surface area contributed by atoms with Crippen LogP contribution in [0.4, 0.5) is 0 Å². The standard InChI is InChI=1S/C20H20N4OS/c1-26-20-22-11-17(12-23-20)19(25)24-8-4-7-16(13-24)18-9-14-5-2-3-6-15(14)10-21-18/h2-3,5-6,9-12,16H,4,7-8,13H2,1H3/t16-/m1/s1. The normalized spacial score (nSPS) is 17.4. The van der Waals surface area contributed by atoms with Crippen molar-refractivity contribution < 1.29 is 4.79 Å². The lowest BCUT2D eigenvalue weighted by Gasteiger charge is -2.32. The van der Waals surface area contributed by atoms with Crippen LogP contribution in [0.3, 0.4) is 0 Å². The molecule has 4 rings (SSSR count). The number of hydrogen-bond acceptors (Lipinski definition) is 5. The van der Waals surface area contributed by atoms with E-state index in [0.29, 0.717) is 17.3 Å². The molecular formula is C20H20N4OS. The van der Waals surface area contributed by atoms with Gasteiger partial charge < -0.3 is 4.90 Å². The summed E-state index contributed by atoms with van der Waals surface area (Å²) in [7, 11) is 0. The molecule has 1 aliphatic heterocycles. The number of pyridine rings is 1. The van der Waals surface area contributed by atoms with E-state index in [9.17, 15) is 4.79 Å². The summed E-state index contributed by atoms with van der Waals surface area (Å²) in [6, 6.07) is 10.4. The van der Waals surface area contributed by atoms with Gasteiger partial charge in [-0.3, -0.25) is 9.78 Å². The van der Waals surface area contributed by atoms with Crippen LogP contribution >= 0.6 is 11.8 Å². The van der Waals surface area contributed by atoms with Gasteiger partial charge >= 0.3 is 0 Å². The first-order valence-corrected chi connectivity index (χ1v) is 9.97. The van der Waals surface area contributed by atoms with Crippen molar-refractivity contribution in [1.82, 2.24) is 19.9 Å². The van der Waals surface area contributed by atoms with Crippen molar-refractivity contribution in [3.8, 4) is 0 Å². The second-order valence-corrected chi connectivity index (χ2v) is 7.28. The minimum Gasteiger partial charge on any atom is -0.338 e. The fourth-order valence-electron chi connectivity index (χ4n) is 3.44. The molecule has 1 amide bonds. The average molecular weight is 364 g/mol. The molecule has 0 unspecified atom stereocenters. The molecule has 132 valence electrons. The van der Waals surface area contributed by atoms with Crippen LogP contribution in [-0.2, 0) is 0 Å². The second kappa shape index (κ2) is 7.41. The summed E-state index contributed by atoms with van der Waals surface area (Å²) in [5.74, 6) is 0.270. The Morgan fingerprint density at radius 2 is 1.88 bits per heavy atom. The number of thioether (sulfide) groups is 1. The van der Waals surface area contributed by atoms with Crippen LogP contribution in [-0.4, -0.2) is 45.1 Å². The van der Waals surface area contributed by atoms with E-state index in [-0.39, 0.29) is 11.8 Å². The van der Waals surface area contributed by atoms with Crippen molar-refractivity contribution in [3.63, 3.8) is 0 Å². The molecular weight excluding hydrogens is 344 g/mol. The zero-order valence-corrected chi connectivity index (χ0v) is 15.4. The molecule has 0 spiro atoms. The van der Waals surface area contributed by atoms with Crippen molar-refractivity contribution in [2.24, 2.45) is 0 Å². The highest BCUT2D eigenvalue weighted by atomic mass is 32.2. The molecule has 26 heavy (non-hydrogen) atoms. The van der Waals surface area contributed by atoms with Crippen LogP contribution in [0.25, 0.3) is 10.8 Å². The number of likely N-dealkylation sites (tertiary alicyclic amines) is 1. The van der Waals surface area contributed by atoms with Gasteiger partial charge in [0.25, 0.3) is 5.91 Å². The zero-order chi connectivity index (χ0) is 17.9. The number of benzene rings is 1. The van der Waals surface area contributed by atoms with Crippen LogP contribution < -0.4 is 0 Å². The zero-order valence-electron chi connectivity index (χ0n) is 14.6. The van der Waals surface area contributed by atoms with Crippen LogP contribution in [0, 0.1) is 0 Å². The van der Waals surface area contributed by atoms with Gasteiger partial charge in [-0.05, 0) is 30.6 Å². The maximum absolute atomic E-state index is 12.8. The Labute approximate surface area is 156 Å².